The monoisotopic (exact) mass is 444 g/mol. The summed E-state index contributed by atoms with van der Waals surface area (Å²) in [5.74, 6) is -0.264. The van der Waals surface area contributed by atoms with Crippen LogP contribution in [0.15, 0.2) is 36.0 Å². The van der Waals surface area contributed by atoms with Gasteiger partial charge in [0.15, 0.2) is 10.9 Å². The first-order valence-electron chi connectivity index (χ1n) is 9.63. The smallest absolute Gasteiger partial charge is 0.315 e. The van der Waals surface area contributed by atoms with Crippen LogP contribution in [0.2, 0.25) is 0 Å². The van der Waals surface area contributed by atoms with E-state index in [1.165, 1.54) is 34.8 Å². The molecule has 0 unspecified atom stereocenters. The highest BCUT2D eigenvalue weighted by Crippen LogP contribution is 2.32. The van der Waals surface area contributed by atoms with Crippen LogP contribution < -0.4 is 4.90 Å². The highest BCUT2D eigenvalue weighted by atomic mass is 32.1. The van der Waals surface area contributed by atoms with E-state index in [0.717, 1.165) is 10.4 Å². The average molecular weight is 445 g/mol. The van der Waals surface area contributed by atoms with Crippen LogP contribution in [0, 0.1) is 12.7 Å². The van der Waals surface area contributed by atoms with Gasteiger partial charge >= 0.3 is 6.03 Å². The molecular formula is C21H21FN4O2S2. The Morgan fingerprint density at radius 3 is 2.77 bits per heavy atom. The molecule has 30 heavy (non-hydrogen) atoms. The van der Waals surface area contributed by atoms with Crippen molar-refractivity contribution in [3.63, 3.8) is 0 Å². The average Bonchev–Trinajstić information content (AvgIpc) is 3.44. The second-order valence-electron chi connectivity index (χ2n) is 7.30. The molecule has 0 radical (unpaired) electrons. The van der Waals surface area contributed by atoms with Crippen LogP contribution in [-0.2, 0) is 13.0 Å². The van der Waals surface area contributed by atoms with E-state index >= 15 is 0 Å². The van der Waals surface area contributed by atoms with Gasteiger partial charge in [0.2, 0.25) is 0 Å². The fourth-order valence-electron chi connectivity index (χ4n) is 3.43. The maximum atomic E-state index is 13.2. The largest absolute Gasteiger partial charge is 0.326 e. The number of nitrogens with zero attached hydrogens (tertiary/aromatic N) is 4. The standard InChI is InChI=1S/C21H21FN4O2S2/c1-13-10-26(21(28)25(13)11-15-3-5-16(22)6-4-15)20-24-14(2)19(30-20)18(27)8-7-17-9-23-12-29-17/h3-6,9,12-13H,7-8,10-11H2,1-2H3/t13-/m1/s1. The predicted molar refractivity (Wildman–Crippen MR) is 116 cm³/mol. The Bertz CT molecular complexity index is 1050. The number of halogens is 1. The number of urea groups is 1. The Balaban J connectivity index is 1.46. The van der Waals surface area contributed by atoms with Gasteiger partial charge in [0.05, 0.1) is 22.6 Å². The van der Waals surface area contributed by atoms with E-state index in [4.69, 9.17) is 0 Å². The number of thiazole rings is 2. The molecule has 4 rings (SSSR count). The Kier molecular flexibility index (Phi) is 5.92. The maximum absolute atomic E-state index is 13.2. The number of aromatic nitrogens is 2. The zero-order valence-corrected chi connectivity index (χ0v) is 18.3. The third-order valence-corrected chi connectivity index (χ3v) is 7.13. The minimum absolute atomic E-state index is 0.0164. The van der Waals surface area contributed by atoms with Crippen LogP contribution in [-0.4, -0.2) is 39.3 Å². The molecule has 9 heteroatoms. The van der Waals surface area contributed by atoms with Gasteiger partial charge < -0.3 is 4.90 Å². The van der Waals surface area contributed by atoms with Crippen molar-refractivity contribution >= 4 is 39.6 Å². The molecule has 3 aromatic rings. The lowest BCUT2D eigenvalue weighted by Crippen LogP contribution is -2.33. The summed E-state index contributed by atoms with van der Waals surface area (Å²) in [7, 11) is 0. The molecule has 6 nitrogen and oxygen atoms in total. The minimum Gasteiger partial charge on any atom is -0.315 e. The highest BCUT2D eigenvalue weighted by Gasteiger charge is 2.37. The number of anilines is 1. The maximum Gasteiger partial charge on any atom is 0.326 e. The number of benzene rings is 1. The Morgan fingerprint density at radius 1 is 1.30 bits per heavy atom. The summed E-state index contributed by atoms with van der Waals surface area (Å²) in [6.07, 6.45) is 2.83. The molecule has 0 bridgehead atoms. The fourth-order valence-corrected chi connectivity index (χ4v) is 5.06. The van der Waals surface area contributed by atoms with Gasteiger partial charge in [0, 0.05) is 30.1 Å². The normalized spacial score (nSPS) is 16.5. The van der Waals surface area contributed by atoms with Crippen LogP contribution in [0.1, 0.15) is 39.2 Å². The second kappa shape index (κ2) is 8.61. The van der Waals surface area contributed by atoms with Crippen molar-refractivity contribution in [2.75, 3.05) is 11.4 Å². The summed E-state index contributed by atoms with van der Waals surface area (Å²) in [6, 6.07) is 6.00. The van der Waals surface area contributed by atoms with Gasteiger partial charge in [-0.15, -0.1) is 11.3 Å². The molecule has 0 aliphatic carbocycles. The summed E-state index contributed by atoms with van der Waals surface area (Å²) < 4.78 is 13.2. The van der Waals surface area contributed by atoms with E-state index < -0.39 is 0 Å². The number of amides is 2. The number of Topliss-reactive ketones (excluding diaryl/α,β-unsaturated/α-hetero) is 1. The molecule has 0 spiro atoms. The van der Waals surface area contributed by atoms with Crippen molar-refractivity contribution in [2.24, 2.45) is 0 Å². The summed E-state index contributed by atoms with van der Waals surface area (Å²) in [5, 5.41) is 0.548. The number of ketones is 1. The lowest BCUT2D eigenvalue weighted by atomic mass is 10.1. The van der Waals surface area contributed by atoms with E-state index in [2.05, 4.69) is 9.97 Å². The van der Waals surface area contributed by atoms with Crippen molar-refractivity contribution in [1.29, 1.82) is 0 Å². The Labute approximate surface area is 182 Å². The SMILES string of the molecule is Cc1nc(N2C[C@@H](C)N(Cc3ccc(F)cc3)C2=O)sc1C(=O)CCc1cncs1. The molecule has 1 aliphatic rings. The molecular weight excluding hydrogens is 423 g/mol. The molecule has 1 fully saturated rings. The molecule has 2 aromatic heterocycles. The molecule has 3 heterocycles. The summed E-state index contributed by atoms with van der Waals surface area (Å²) in [6.45, 7) is 4.69. The van der Waals surface area contributed by atoms with Gasteiger partial charge in [-0.2, -0.15) is 0 Å². The zero-order valence-electron chi connectivity index (χ0n) is 16.7. The van der Waals surface area contributed by atoms with Crippen LogP contribution in [0.5, 0.6) is 0 Å². The third-order valence-electron chi connectivity index (χ3n) is 5.07. The quantitative estimate of drug-likeness (QED) is 0.496. The van der Waals surface area contributed by atoms with Gasteiger partial charge in [-0.1, -0.05) is 23.5 Å². The number of aryl methyl sites for hydroxylation is 2. The zero-order chi connectivity index (χ0) is 21.3. The van der Waals surface area contributed by atoms with E-state index in [9.17, 15) is 14.0 Å². The van der Waals surface area contributed by atoms with Crippen molar-refractivity contribution < 1.29 is 14.0 Å². The summed E-state index contributed by atoms with van der Waals surface area (Å²) >= 11 is 2.81. The molecule has 1 aliphatic heterocycles. The van der Waals surface area contributed by atoms with Gasteiger partial charge in [0.1, 0.15) is 5.82 Å². The topological polar surface area (TPSA) is 66.4 Å². The minimum atomic E-state index is -0.299. The van der Waals surface area contributed by atoms with Crippen molar-refractivity contribution in [2.45, 2.75) is 39.3 Å². The molecule has 1 saturated heterocycles. The van der Waals surface area contributed by atoms with Crippen LogP contribution >= 0.6 is 22.7 Å². The van der Waals surface area contributed by atoms with Gasteiger partial charge in [-0.05, 0) is 38.0 Å². The van der Waals surface area contributed by atoms with Crippen molar-refractivity contribution in [1.82, 2.24) is 14.9 Å². The van der Waals surface area contributed by atoms with Crippen molar-refractivity contribution in [3.8, 4) is 0 Å². The van der Waals surface area contributed by atoms with E-state index in [-0.39, 0.29) is 23.7 Å². The fraction of sp³-hybridized carbons (Fsp3) is 0.333. The number of carbonyl (C=O) groups excluding carboxylic acids is 2. The first kappa shape index (κ1) is 20.6. The van der Waals surface area contributed by atoms with Crippen LogP contribution in [0.25, 0.3) is 0 Å². The summed E-state index contributed by atoms with van der Waals surface area (Å²) in [4.78, 5) is 39.3. The molecule has 1 atom stereocenters. The Hall–Kier alpha value is -2.65. The van der Waals surface area contributed by atoms with Gasteiger partial charge in [-0.25, -0.2) is 14.2 Å². The molecule has 1 aromatic carbocycles. The van der Waals surface area contributed by atoms with Crippen molar-refractivity contribution in [3.05, 3.63) is 62.8 Å². The molecule has 2 amide bonds. The van der Waals surface area contributed by atoms with E-state index in [0.29, 0.717) is 41.6 Å². The van der Waals surface area contributed by atoms with Crippen LogP contribution in [0.3, 0.4) is 0 Å². The van der Waals surface area contributed by atoms with Crippen LogP contribution in [0.4, 0.5) is 14.3 Å². The lowest BCUT2D eigenvalue weighted by molar-refractivity contribution is 0.0986. The number of hydrogen-bond donors (Lipinski definition) is 0. The lowest BCUT2D eigenvalue weighted by Gasteiger charge is -2.20. The second-order valence-corrected chi connectivity index (χ2v) is 9.25. The number of carbonyl (C=O) groups is 2. The number of rotatable bonds is 7. The van der Waals surface area contributed by atoms with E-state index in [1.807, 2.05) is 6.92 Å². The first-order valence-corrected chi connectivity index (χ1v) is 11.3. The number of hydrogen-bond acceptors (Lipinski definition) is 6. The Morgan fingerprint density at radius 2 is 2.07 bits per heavy atom. The third kappa shape index (κ3) is 4.27. The molecule has 0 saturated carbocycles. The molecule has 0 N–H and O–H groups in total. The molecule has 156 valence electrons. The first-order chi connectivity index (χ1) is 14.4. The predicted octanol–water partition coefficient (Wildman–Crippen LogP) is 4.69. The van der Waals surface area contributed by atoms with Gasteiger partial charge in [0.25, 0.3) is 0 Å². The summed E-state index contributed by atoms with van der Waals surface area (Å²) in [5.41, 5.74) is 3.28. The van der Waals surface area contributed by atoms with Gasteiger partial charge in [-0.3, -0.25) is 14.7 Å². The van der Waals surface area contributed by atoms with E-state index in [1.54, 1.807) is 40.6 Å². The highest BCUT2D eigenvalue weighted by molar-refractivity contribution is 7.17.